The average Bonchev–Trinajstić information content (AvgIpc) is 3.13. The van der Waals surface area contributed by atoms with Crippen LogP contribution in [0.4, 0.5) is 5.82 Å². The first kappa shape index (κ1) is 23.9. The topological polar surface area (TPSA) is 122 Å². The number of fused-ring (bicyclic) bond motifs is 1. The lowest BCUT2D eigenvalue weighted by Gasteiger charge is -2.35. The molecule has 2 amide bonds. The molecule has 3 rings (SSSR count). The first-order valence-corrected chi connectivity index (χ1v) is 8.69. The highest BCUT2D eigenvalue weighted by molar-refractivity contribution is 5.87. The Labute approximate surface area is 175 Å². The lowest BCUT2D eigenvalue weighted by atomic mass is 10.1. The Morgan fingerprint density at radius 1 is 1.18 bits per heavy atom. The maximum Gasteiger partial charge on any atom is 0.242 e. The van der Waals surface area contributed by atoms with Gasteiger partial charge < -0.3 is 20.9 Å². The van der Waals surface area contributed by atoms with Gasteiger partial charge in [-0.1, -0.05) is 13.8 Å². The molecule has 0 aromatic carbocycles. The number of carbonyl (C=O) groups is 2. The van der Waals surface area contributed by atoms with Crippen molar-refractivity contribution in [2.75, 3.05) is 37.6 Å². The number of aromatic nitrogens is 4. The van der Waals surface area contributed by atoms with Gasteiger partial charge in [0.1, 0.15) is 12.1 Å². The van der Waals surface area contributed by atoms with Crippen LogP contribution in [0.15, 0.2) is 18.5 Å². The van der Waals surface area contributed by atoms with Crippen molar-refractivity contribution >= 4 is 48.1 Å². The molecule has 1 saturated heterocycles. The lowest BCUT2D eigenvalue weighted by molar-refractivity contribution is -0.133. The Balaban J connectivity index is 0.00000196. The fourth-order valence-corrected chi connectivity index (χ4v) is 2.77. The van der Waals surface area contributed by atoms with Gasteiger partial charge in [0.25, 0.3) is 0 Å². The summed E-state index contributed by atoms with van der Waals surface area (Å²) in [7, 11) is 0. The van der Waals surface area contributed by atoms with E-state index in [0.717, 1.165) is 5.82 Å². The van der Waals surface area contributed by atoms with Crippen molar-refractivity contribution in [3.05, 3.63) is 18.5 Å². The highest BCUT2D eigenvalue weighted by Crippen LogP contribution is 2.14. The third-order valence-electron chi connectivity index (χ3n) is 4.54. The SMILES string of the molecule is CC(C)[C@H](N)C(=O)NCC(=O)N1CCN(c2ccc3nncn3n2)CC1.Cl.Cl. The Hall–Kier alpha value is -2.17. The van der Waals surface area contributed by atoms with Gasteiger partial charge >= 0.3 is 0 Å². The fraction of sp³-hybridized carbons (Fsp3) is 0.562. The van der Waals surface area contributed by atoms with Gasteiger partial charge in [0, 0.05) is 26.2 Å². The van der Waals surface area contributed by atoms with Gasteiger partial charge in [0.05, 0.1) is 12.6 Å². The molecular weight excluding hydrogens is 407 g/mol. The average molecular weight is 433 g/mol. The number of piperazine rings is 1. The van der Waals surface area contributed by atoms with E-state index in [2.05, 4.69) is 25.5 Å². The fourth-order valence-electron chi connectivity index (χ4n) is 2.77. The largest absolute Gasteiger partial charge is 0.352 e. The highest BCUT2D eigenvalue weighted by Gasteiger charge is 2.24. The van der Waals surface area contributed by atoms with E-state index >= 15 is 0 Å². The van der Waals surface area contributed by atoms with Crippen LogP contribution in [0.2, 0.25) is 0 Å². The monoisotopic (exact) mass is 432 g/mol. The molecule has 156 valence electrons. The van der Waals surface area contributed by atoms with Crippen LogP contribution in [-0.4, -0.2) is 75.3 Å². The van der Waals surface area contributed by atoms with Crippen LogP contribution >= 0.6 is 24.8 Å². The van der Waals surface area contributed by atoms with Gasteiger partial charge in [-0.3, -0.25) is 9.59 Å². The van der Waals surface area contributed by atoms with Crippen molar-refractivity contribution in [1.82, 2.24) is 30.0 Å². The molecule has 0 radical (unpaired) electrons. The van der Waals surface area contributed by atoms with Gasteiger partial charge in [0.15, 0.2) is 5.65 Å². The summed E-state index contributed by atoms with van der Waals surface area (Å²) in [6, 6.07) is 3.16. The molecule has 1 fully saturated rings. The summed E-state index contributed by atoms with van der Waals surface area (Å²) >= 11 is 0. The van der Waals surface area contributed by atoms with Crippen molar-refractivity contribution in [1.29, 1.82) is 0 Å². The summed E-state index contributed by atoms with van der Waals surface area (Å²) in [4.78, 5) is 28.0. The molecule has 3 N–H and O–H groups in total. The molecule has 0 bridgehead atoms. The van der Waals surface area contributed by atoms with E-state index in [-0.39, 0.29) is 49.1 Å². The van der Waals surface area contributed by atoms with E-state index in [1.807, 2.05) is 26.0 Å². The second-order valence-electron chi connectivity index (χ2n) is 6.68. The Bertz CT molecular complexity index is 792. The molecule has 0 saturated carbocycles. The lowest BCUT2D eigenvalue weighted by Crippen LogP contribution is -2.53. The van der Waals surface area contributed by atoms with Crippen molar-refractivity contribution in [3.8, 4) is 0 Å². The van der Waals surface area contributed by atoms with Gasteiger partial charge in [-0.2, -0.15) is 4.52 Å². The number of hydrogen-bond acceptors (Lipinski definition) is 7. The first-order valence-electron chi connectivity index (χ1n) is 8.69. The highest BCUT2D eigenvalue weighted by atomic mass is 35.5. The van der Waals surface area contributed by atoms with Crippen LogP contribution in [0.5, 0.6) is 0 Å². The van der Waals surface area contributed by atoms with Gasteiger partial charge in [-0.25, -0.2) is 0 Å². The predicted octanol–water partition coefficient (Wildman–Crippen LogP) is -0.284. The van der Waals surface area contributed by atoms with Crippen molar-refractivity contribution < 1.29 is 9.59 Å². The normalized spacial score (nSPS) is 15.0. The van der Waals surface area contributed by atoms with Gasteiger partial charge in [-0.05, 0) is 18.1 Å². The van der Waals surface area contributed by atoms with Crippen LogP contribution in [0.25, 0.3) is 5.65 Å². The third kappa shape index (κ3) is 5.43. The van der Waals surface area contributed by atoms with E-state index < -0.39 is 6.04 Å². The summed E-state index contributed by atoms with van der Waals surface area (Å²) < 4.78 is 1.63. The number of rotatable bonds is 5. The number of nitrogens with two attached hydrogens (primary N) is 1. The van der Waals surface area contributed by atoms with Gasteiger partial charge in [0.2, 0.25) is 11.8 Å². The standard InChI is InChI=1S/C16H24N8O2.2ClH/c1-11(2)15(17)16(26)18-9-14(25)23-7-5-22(6-8-23)13-4-3-12-20-19-10-24(12)21-13;;/h3-4,10-11,15H,5-9,17H2,1-2H3,(H,18,26);2*1H/t15-;;/m0../s1. The Kier molecular flexibility index (Phi) is 8.86. The second-order valence-corrected chi connectivity index (χ2v) is 6.68. The molecule has 2 aromatic heterocycles. The number of carbonyl (C=O) groups excluding carboxylic acids is 2. The second kappa shape index (κ2) is 10.4. The van der Waals surface area contributed by atoms with Gasteiger partial charge in [-0.15, -0.1) is 40.1 Å². The van der Waals surface area contributed by atoms with Crippen molar-refractivity contribution in [3.63, 3.8) is 0 Å². The minimum absolute atomic E-state index is 0. The zero-order valence-electron chi connectivity index (χ0n) is 15.8. The molecule has 1 aliphatic rings. The quantitative estimate of drug-likeness (QED) is 0.665. The molecular formula is C16H26Cl2N8O2. The maximum atomic E-state index is 12.3. The Morgan fingerprint density at radius 3 is 2.50 bits per heavy atom. The molecule has 28 heavy (non-hydrogen) atoms. The van der Waals surface area contributed by atoms with E-state index in [4.69, 9.17) is 5.73 Å². The Morgan fingerprint density at radius 2 is 1.86 bits per heavy atom. The maximum absolute atomic E-state index is 12.3. The molecule has 10 nitrogen and oxygen atoms in total. The van der Waals surface area contributed by atoms with Crippen molar-refractivity contribution in [2.45, 2.75) is 19.9 Å². The minimum atomic E-state index is -0.599. The predicted molar refractivity (Wildman–Crippen MR) is 110 cm³/mol. The summed E-state index contributed by atoms with van der Waals surface area (Å²) in [6.45, 7) is 6.22. The number of nitrogens with zero attached hydrogens (tertiary/aromatic N) is 6. The number of hydrogen-bond donors (Lipinski definition) is 2. The summed E-state index contributed by atoms with van der Waals surface area (Å²) in [5.74, 6) is 0.458. The van der Waals surface area contributed by atoms with Crippen molar-refractivity contribution in [2.24, 2.45) is 11.7 Å². The van der Waals surface area contributed by atoms with Crippen LogP contribution < -0.4 is 16.0 Å². The number of amides is 2. The van der Waals surface area contributed by atoms with Crippen LogP contribution in [0.3, 0.4) is 0 Å². The third-order valence-corrected chi connectivity index (χ3v) is 4.54. The molecule has 0 unspecified atom stereocenters. The summed E-state index contributed by atoms with van der Waals surface area (Å²) in [5.41, 5.74) is 6.47. The minimum Gasteiger partial charge on any atom is -0.352 e. The van der Waals surface area contributed by atoms with E-state index in [9.17, 15) is 9.59 Å². The van der Waals surface area contributed by atoms with E-state index in [1.54, 1.807) is 15.7 Å². The van der Waals surface area contributed by atoms with Crippen LogP contribution in [0, 0.1) is 5.92 Å². The first-order chi connectivity index (χ1) is 12.5. The van der Waals surface area contributed by atoms with E-state index in [1.165, 1.54) is 0 Å². The molecule has 3 heterocycles. The smallest absolute Gasteiger partial charge is 0.242 e. The zero-order valence-corrected chi connectivity index (χ0v) is 17.4. The molecule has 12 heteroatoms. The van der Waals surface area contributed by atoms with Crippen LogP contribution in [0.1, 0.15) is 13.8 Å². The summed E-state index contributed by atoms with van der Waals surface area (Å²) in [6.07, 6.45) is 1.56. The molecule has 1 aliphatic heterocycles. The number of halogens is 2. The number of nitrogens with one attached hydrogen (secondary N) is 1. The molecule has 2 aromatic rings. The van der Waals surface area contributed by atoms with E-state index in [0.29, 0.717) is 31.8 Å². The zero-order chi connectivity index (χ0) is 18.7. The number of anilines is 1. The molecule has 0 spiro atoms. The molecule has 0 aliphatic carbocycles. The molecule has 1 atom stereocenters. The summed E-state index contributed by atoms with van der Waals surface area (Å²) in [5, 5.41) is 14.8. The van der Waals surface area contributed by atoms with Crippen LogP contribution in [-0.2, 0) is 9.59 Å².